The van der Waals surface area contributed by atoms with Crippen LogP contribution in [0.3, 0.4) is 0 Å². The average Bonchev–Trinajstić information content (AvgIpc) is 3.32. The zero-order valence-corrected chi connectivity index (χ0v) is 18.2. The highest BCUT2D eigenvalue weighted by Crippen LogP contribution is 2.30. The highest BCUT2D eigenvalue weighted by Gasteiger charge is 2.14. The summed E-state index contributed by atoms with van der Waals surface area (Å²) in [5.74, 6) is 1.18. The number of nitrogens with one attached hydrogen (secondary N) is 2. The first-order valence-corrected chi connectivity index (χ1v) is 10.7. The summed E-state index contributed by atoms with van der Waals surface area (Å²) < 4.78 is 10.8. The van der Waals surface area contributed by atoms with E-state index < -0.39 is 0 Å². The Morgan fingerprint density at radius 2 is 1.91 bits per heavy atom. The van der Waals surface area contributed by atoms with Crippen LogP contribution in [0.15, 0.2) is 70.3 Å². The predicted molar refractivity (Wildman–Crippen MR) is 124 cm³/mol. The predicted octanol–water partition coefficient (Wildman–Crippen LogP) is 4.59. The number of furan rings is 1. The highest BCUT2D eigenvalue weighted by atomic mass is 32.2. The Hall–Kier alpha value is -3.85. The van der Waals surface area contributed by atoms with Gasteiger partial charge in [-0.3, -0.25) is 9.59 Å². The molecule has 0 saturated heterocycles. The monoisotopic (exact) mass is 448 g/mol. The maximum absolute atomic E-state index is 12.7. The van der Waals surface area contributed by atoms with E-state index in [2.05, 4.69) is 20.6 Å². The SMILES string of the molecule is COc1ccc(NC(C)=O)cc1NC(=O)CSc1nc(-c2ccco2)nc2ccccc12. The molecule has 0 radical (unpaired) electrons. The Morgan fingerprint density at radius 1 is 1.06 bits per heavy atom. The number of benzene rings is 2. The van der Waals surface area contributed by atoms with Gasteiger partial charge in [0.1, 0.15) is 10.8 Å². The van der Waals surface area contributed by atoms with Gasteiger partial charge in [-0.2, -0.15) is 0 Å². The first kappa shape index (κ1) is 21.4. The molecule has 2 heterocycles. The molecule has 0 aliphatic carbocycles. The van der Waals surface area contributed by atoms with E-state index in [4.69, 9.17) is 9.15 Å². The number of methoxy groups -OCH3 is 1. The Balaban J connectivity index is 1.54. The van der Waals surface area contributed by atoms with Crippen LogP contribution in [0.2, 0.25) is 0 Å². The van der Waals surface area contributed by atoms with Crippen LogP contribution in [-0.2, 0) is 9.59 Å². The van der Waals surface area contributed by atoms with Crippen LogP contribution in [0.5, 0.6) is 5.75 Å². The largest absolute Gasteiger partial charge is 0.495 e. The molecule has 0 unspecified atom stereocenters. The average molecular weight is 449 g/mol. The van der Waals surface area contributed by atoms with Crippen molar-refractivity contribution >= 4 is 45.9 Å². The standard InChI is InChI=1S/C23H20N4O4S/c1-14(28)24-15-9-10-19(30-2)18(12-15)25-21(29)13-32-23-16-6-3-4-7-17(16)26-22(27-23)20-8-5-11-31-20/h3-12H,13H2,1-2H3,(H,24,28)(H,25,29). The van der Waals surface area contributed by atoms with Gasteiger partial charge in [-0.25, -0.2) is 9.97 Å². The topological polar surface area (TPSA) is 106 Å². The van der Waals surface area contributed by atoms with Crippen molar-refractivity contribution in [3.8, 4) is 17.3 Å². The third kappa shape index (κ3) is 4.89. The van der Waals surface area contributed by atoms with Gasteiger partial charge < -0.3 is 19.8 Å². The second kappa shape index (κ2) is 9.52. The minimum atomic E-state index is -0.240. The Kier molecular flexibility index (Phi) is 6.37. The number of fused-ring (bicyclic) bond motifs is 1. The number of carbonyl (C=O) groups excluding carboxylic acids is 2. The quantitative estimate of drug-likeness (QED) is 0.315. The number of ether oxygens (including phenoxy) is 1. The first-order valence-electron chi connectivity index (χ1n) is 9.72. The van der Waals surface area contributed by atoms with E-state index in [0.717, 1.165) is 10.9 Å². The van der Waals surface area contributed by atoms with Crippen LogP contribution in [-0.4, -0.2) is 34.6 Å². The van der Waals surface area contributed by atoms with Crippen molar-refractivity contribution in [3.05, 3.63) is 60.9 Å². The van der Waals surface area contributed by atoms with Gasteiger partial charge in [0.15, 0.2) is 11.6 Å². The number of rotatable bonds is 7. The summed E-state index contributed by atoms with van der Waals surface area (Å²) in [5, 5.41) is 7.06. The van der Waals surface area contributed by atoms with E-state index in [1.807, 2.05) is 24.3 Å². The van der Waals surface area contributed by atoms with E-state index in [1.165, 1.54) is 25.8 Å². The number of carbonyl (C=O) groups is 2. The second-order valence-electron chi connectivity index (χ2n) is 6.78. The van der Waals surface area contributed by atoms with Gasteiger partial charge in [-0.15, -0.1) is 0 Å². The Bertz CT molecular complexity index is 1270. The molecular weight excluding hydrogens is 428 g/mol. The molecule has 2 aromatic carbocycles. The van der Waals surface area contributed by atoms with E-state index in [9.17, 15) is 9.59 Å². The molecule has 4 rings (SSSR count). The molecule has 0 saturated carbocycles. The van der Waals surface area contributed by atoms with Gasteiger partial charge in [-0.05, 0) is 36.4 Å². The van der Waals surface area contributed by atoms with E-state index in [-0.39, 0.29) is 17.6 Å². The molecule has 2 aromatic heterocycles. The number of nitrogens with zero attached hydrogens (tertiary/aromatic N) is 2. The highest BCUT2D eigenvalue weighted by molar-refractivity contribution is 8.00. The van der Waals surface area contributed by atoms with Crippen LogP contribution in [0.1, 0.15) is 6.92 Å². The molecular formula is C23H20N4O4S. The van der Waals surface area contributed by atoms with Crippen molar-refractivity contribution < 1.29 is 18.7 Å². The van der Waals surface area contributed by atoms with Crippen molar-refractivity contribution in [2.24, 2.45) is 0 Å². The van der Waals surface area contributed by atoms with Crippen LogP contribution in [0, 0.1) is 0 Å². The van der Waals surface area contributed by atoms with Gasteiger partial charge in [0.05, 0.1) is 30.3 Å². The van der Waals surface area contributed by atoms with Gasteiger partial charge in [0, 0.05) is 18.0 Å². The summed E-state index contributed by atoms with van der Waals surface area (Å²) >= 11 is 1.30. The van der Waals surface area contributed by atoms with Gasteiger partial charge in [-0.1, -0.05) is 30.0 Å². The zero-order chi connectivity index (χ0) is 22.5. The van der Waals surface area contributed by atoms with Crippen LogP contribution in [0.25, 0.3) is 22.5 Å². The summed E-state index contributed by atoms with van der Waals surface area (Å²) in [7, 11) is 1.51. The lowest BCUT2D eigenvalue weighted by Gasteiger charge is -2.12. The molecule has 0 bridgehead atoms. The summed E-state index contributed by atoms with van der Waals surface area (Å²) in [6, 6.07) is 16.2. The van der Waals surface area contributed by atoms with Crippen molar-refractivity contribution in [3.63, 3.8) is 0 Å². The minimum absolute atomic E-state index is 0.117. The molecule has 162 valence electrons. The lowest BCUT2D eigenvalue weighted by molar-refractivity contribution is -0.114. The fourth-order valence-corrected chi connectivity index (χ4v) is 3.90. The molecule has 0 atom stereocenters. The number of thioether (sulfide) groups is 1. The van der Waals surface area contributed by atoms with Crippen molar-refractivity contribution in [1.82, 2.24) is 9.97 Å². The van der Waals surface area contributed by atoms with Crippen LogP contribution in [0.4, 0.5) is 11.4 Å². The fourth-order valence-electron chi connectivity index (χ4n) is 3.08. The second-order valence-corrected chi connectivity index (χ2v) is 7.74. The van der Waals surface area contributed by atoms with Crippen molar-refractivity contribution in [2.45, 2.75) is 11.9 Å². The fraction of sp³-hybridized carbons (Fsp3) is 0.130. The molecule has 0 aliphatic heterocycles. The maximum atomic E-state index is 12.7. The summed E-state index contributed by atoms with van der Waals surface area (Å²) in [5.41, 5.74) is 1.79. The Labute approximate surface area is 188 Å². The van der Waals surface area contributed by atoms with E-state index in [0.29, 0.717) is 33.7 Å². The normalized spacial score (nSPS) is 10.7. The number of aromatic nitrogens is 2. The maximum Gasteiger partial charge on any atom is 0.234 e. The number of anilines is 2. The molecule has 4 aromatic rings. The number of amides is 2. The third-order valence-corrected chi connectivity index (χ3v) is 5.43. The molecule has 2 N–H and O–H groups in total. The van der Waals surface area contributed by atoms with E-state index in [1.54, 1.807) is 36.6 Å². The minimum Gasteiger partial charge on any atom is -0.495 e. The molecule has 9 heteroatoms. The van der Waals surface area contributed by atoms with Crippen molar-refractivity contribution in [1.29, 1.82) is 0 Å². The number of para-hydroxylation sites is 1. The Morgan fingerprint density at radius 3 is 2.66 bits per heavy atom. The molecule has 0 fully saturated rings. The molecule has 0 aliphatic rings. The van der Waals surface area contributed by atoms with E-state index >= 15 is 0 Å². The first-order chi connectivity index (χ1) is 15.5. The molecule has 8 nitrogen and oxygen atoms in total. The smallest absolute Gasteiger partial charge is 0.234 e. The molecule has 2 amide bonds. The number of hydrogen-bond donors (Lipinski definition) is 2. The molecule has 32 heavy (non-hydrogen) atoms. The van der Waals surface area contributed by atoms with Crippen molar-refractivity contribution in [2.75, 3.05) is 23.5 Å². The van der Waals surface area contributed by atoms with Gasteiger partial charge in [0.2, 0.25) is 11.8 Å². The van der Waals surface area contributed by atoms with Gasteiger partial charge in [0.25, 0.3) is 0 Å². The van der Waals surface area contributed by atoms with Crippen LogP contribution < -0.4 is 15.4 Å². The zero-order valence-electron chi connectivity index (χ0n) is 17.4. The van der Waals surface area contributed by atoms with Gasteiger partial charge >= 0.3 is 0 Å². The lowest BCUT2D eigenvalue weighted by Crippen LogP contribution is -2.15. The third-order valence-electron chi connectivity index (χ3n) is 4.44. The van der Waals surface area contributed by atoms with Crippen LogP contribution >= 0.6 is 11.8 Å². The lowest BCUT2D eigenvalue weighted by atomic mass is 10.2. The molecule has 0 spiro atoms. The number of hydrogen-bond acceptors (Lipinski definition) is 7. The summed E-state index contributed by atoms with van der Waals surface area (Å²) in [6.07, 6.45) is 1.57. The summed E-state index contributed by atoms with van der Waals surface area (Å²) in [6.45, 7) is 1.42. The summed E-state index contributed by atoms with van der Waals surface area (Å²) in [4.78, 5) is 33.2.